The second kappa shape index (κ2) is 8.12. The third-order valence-electron chi connectivity index (χ3n) is 6.20. The maximum Gasteiger partial charge on any atom is 0.263 e. The molecule has 0 radical (unpaired) electrons. The molecule has 2 aromatic heterocycles. The van der Waals surface area contributed by atoms with E-state index in [0.717, 1.165) is 43.7 Å². The quantitative estimate of drug-likeness (QED) is 0.800. The van der Waals surface area contributed by atoms with Gasteiger partial charge in [-0.1, -0.05) is 0 Å². The van der Waals surface area contributed by atoms with Gasteiger partial charge in [0, 0.05) is 49.6 Å². The number of nitrogens with zero attached hydrogens (tertiary/aromatic N) is 4. The van der Waals surface area contributed by atoms with E-state index >= 15 is 0 Å². The highest BCUT2D eigenvalue weighted by molar-refractivity contribution is 5.95. The molecule has 8 nitrogen and oxygen atoms in total. The van der Waals surface area contributed by atoms with Crippen LogP contribution < -0.4 is 10.9 Å². The predicted molar refractivity (Wildman–Crippen MR) is 109 cm³/mol. The molecule has 0 aliphatic carbocycles. The Kier molecular flexibility index (Phi) is 5.56. The first-order valence-electron chi connectivity index (χ1n) is 10.4. The lowest BCUT2D eigenvalue weighted by molar-refractivity contribution is 0.0728. The second-order valence-electron chi connectivity index (χ2n) is 7.89. The Morgan fingerprint density at radius 3 is 2.79 bits per heavy atom. The fourth-order valence-corrected chi connectivity index (χ4v) is 4.56. The molecule has 2 aliphatic heterocycles. The lowest BCUT2D eigenvalue weighted by Gasteiger charge is -2.29. The first-order valence-corrected chi connectivity index (χ1v) is 10.4. The van der Waals surface area contributed by atoms with Crippen molar-refractivity contribution < 1.29 is 9.90 Å². The van der Waals surface area contributed by atoms with Crippen molar-refractivity contribution in [3.8, 4) is 0 Å². The monoisotopic (exact) mass is 399 g/mol. The molecule has 1 amide bonds. The Bertz CT molecular complexity index is 971. The summed E-state index contributed by atoms with van der Waals surface area (Å²) < 4.78 is 3.64. The molecule has 8 heteroatoms. The molecule has 0 spiro atoms. The van der Waals surface area contributed by atoms with Crippen LogP contribution in [0.3, 0.4) is 0 Å². The van der Waals surface area contributed by atoms with E-state index in [2.05, 4.69) is 10.4 Å². The molecule has 0 saturated carbocycles. The Morgan fingerprint density at radius 2 is 2.10 bits per heavy atom. The zero-order valence-electron chi connectivity index (χ0n) is 17.1. The molecule has 156 valence electrons. The minimum Gasteiger partial charge on any atom is -0.390 e. The first-order chi connectivity index (χ1) is 14.0. The van der Waals surface area contributed by atoms with Gasteiger partial charge in [-0.25, -0.2) is 0 Å². The Hall–Kier alpha value is -2.45. The van der Waals surface area contributed by atoms with Crippen molar-refractivity contribution in [1.29, 1.82) is 0 Å². The molecule has 0 aromatic carbocycles. The van der Waals surface area contributed by atoms with Crippen LogP contribution in [0.15, 0.2) is 17.1 Å². The van der Waals surface area contributed by atoms with Crippen LogP contribution in [0.25, 0.3) is 0 Å². The van der Waals surface area contributed by atoms with Gasteiger partial charge in [0.1, 0.15) is 5.56 Å². The second-order valence-corrected chi connectivity index (χ2v) is 7.89. The molecule has 0 bridgehead atoms. The highest BCUT2D eigenvalue weighted by atomic mass is 16.3. The first kappa shape index (κ1) is 19.8. The minimum atomic E-state index is -0.227. The van der Waals surface area contributed by atoms with Crippen LogP contribution in [0.1, 0.15) is 58.7 Å². The fraction of sp³-hybridized carbons (Fsp3) is 0.571. The summed E-state index contributed by atoms with van der Waals surface area (Å²) in [7, 11) is 0. The number of hydrogen-bond acceptors (Lipinski definition) is 5. The van der Waals surface area contributed by atoms with E-state index in [4.69, 9.17) is 0 Å². The Morgan fingerprint density at radius 1 is 1.34 bits per heavy atom. The number of aliphatic hydroxyl groups is 1. The number of nitrogens with one attached hydrogen (secondary N) is 1. The molecule has 4 heterocycles. The number of aryl methyl sites for hydroxylation is 2. The molecule has 0 atom stereocenters. The number of hydrogen-bond donors (Lipinski definition) is 2. The summed E-state index contributed by atoms with van der Waals surface area (Å²) >= 11 is 0. The van der Waals surface area contributed by atoms with Crippen LogP contribution in [0.2, 0.25) is 0 Å². The van der Waals surface area contributed by atoms with E-state index in [1.807, 2.05) is 30.8 Å². The maximum absolute atomic E-state index is 13.4. The molecule has 4 rings (SSSR count). The fourth-order valence-electron chi connectivity index (χ4n) is 4.56. The number of pyridine rings is 1. The van der Waals surface area contributed by atoms with Gasteiger partial charge in [-0.05, 0) is 51.4 Å². The zero-order chi connectivity index (χ0) is 20.5. The SMILES string of the molecule is CCn1nc(CO)c2c1CCN(C(=O)c1c(C)ccn(C3CCNCC3)c1=O)C2. The van der Waals surface area contributed by atoms with Crippen LogP contribution in [0.4, 0.5) is 0 Å². The summed E-state index contributed by atoms with van der Waals surface area (Å²) in [6.07, 6.45) is 4.28. The van der Waals surface area contributed by atoms with Crippen molar-refractivity contribution in [2.24, 2.45) is 0 Å². The number of rotatable bonds is 4. The van der Waals surface area contributed by atoms with Gasteiger partial charge in [0.25, 0.3) is 11.5 Å². The number of aromatic nitrogens is 3. The van der Waals surface area contributed by atoms with Crippen molar-refractivity contribution in [2.75, 3.05) is 19.6 Å². The third kappa shape index (κ3) is 3.51. The normalized spacial score (nSPS) is 17.4. The summed E-state index contributed by atoms with van der Waals surface area (Å²) in [6, 6.07) is 2.01. The van der Waals surface area contributed by atoms with Gasteiger partial charge in [0.15, 0.2) is 0 Å². The smallest absolute Gasteiger partial charge is 0.263 e. The van der Waals surface area contributed by atoms with E-state index < -0.39 is 0 Å². The molecule has 1 fully saturated rings. The van der Waals surface area contributed by atoms with E-state index in [1.54, 1.807) is 9.47 Å². The van der Waals surface area contributed by atoms with Crippen molar-refractivity contribution in [2.45, 2.75) is 58.8 Å². The van der Waals surface area contributed by atoms with Crippen molar-refractivity contribution in [3.05, 3.63) is 50.7 Å². The molecule has 2 aliphatic rings. The van der Waals surface area contributed by atoms with Gasteiger partial charge in [-0.3, -0.25) is 14.3 Å². The summed E-state index contributed by atoms with van der Waals surface area (Å²) in [5.41, 5.74) is 3.40. The van der Waals surface area contributed by atoms with Crippen molar-refractivity contribution in [3.63, 3.8) is 0 Å². The van der Waals surface area contributed by atoms with E-state index in [9.17, 15) is 14.7 Å². The van der Waals surface area contributed by atoms with Crippen LogP contribution in [0.5, 0.6) is 0 Å². The average Bonchev–Trinajstić information content (AvgIpc) is 3.11. The zero-order valence-corrected chi connectivity index (χ0v) is 17.1. The number of carbonyl (C=O) groups excluding carboxylic acids is 1. The summed E-state index contributed by atoms with van der Waals surface area (Å²) in [5.74, 6) is -0.227. The lowest BCUT2D eigenvalue weighted by Crippen LogP contribution is -2.42. The summed E-state index contributed by atoms with van der Waals surface area (Å²) in [4.78, 5) is 28.3. The molecular weight excluding hydrogens is 370 g/mol. The number of amides is 1. The Balaban J connectivity index is 1.65. The minimum absolute atomic E-state index is 0.132. The highest BCUT2D eigenvalue weighted by Crippen LogP contribution is 2.25. The average molecular weight is 399 g/mol. The van der Waals surface area contributed by atoms with Crippen LogP contribution in [0, 0.1) is 6.92 Å². The molecule has 1 saturated heterocycles. The van der Waals surface area contributed by atoms with Crippen LogP contribution >= 0.6 is 0 Å². The van der Waals surface area contributed by atoms with E-state index in [-0.39, 0.29) is 29.7 Å². The van der Waals surface area contributed by atoms with Gasteiger partial charge in [-0.15, -0.1) is 0 Å². The lowest BCUT2D eigenvalue weighted by atomic mass is 10.0. The number of piperidine rings is 1. The largest absolute Gasteiger partial charge is 0.390 e. The third-order valence-corrected chi connectivity index (χ3v) is 6.20. The van der Waals surface area contributed by atoms with Gasteiger partial charge < -0.3 is 19.9 Å². The van der Waals surface area contributed by atoms with Crippen molar-refractivity contribution >= 4 is 5.91 Å². The molecule has 0 unspecified atom stereocenters. The topological polar surface area (TPSA) is 92.4 Å². The summed E-state index contributed by atoms with van der Waals surface area (Å²) in [5, 5.41) is 17.5. The molecule has 2 N–H and O–H groups in total. The van der Waals surface area contributed by atoms with Crippen LogP contribution in [-0.4, -0.2) is 49.9 Å². The highest BCUT2D eigenvalue weighted by Gasteiger charge is 2.30. The predicted octanol–water partition coefficient (Wildman–Crippen LogP) is 0.988. The van der Waals surface area contributed by atoms with Gasteiger partial charge >= 0.3 is 0 Å². The molecule has 2 aromatic rings. The Labute approximate surface area is 170 Å². The van der Waals surface area contributed by atoms with Crippen molar-refractivity contribution in [1.82, 2.24) is 24.6 Å². The maximum atomic E-state index is 13.4. The molecular formula is C21H29N5O3. The number of carbonyl (C=O) groups is 1. The van der Waals surface area contributed by atoms with Gasteiger partial charge in [0.05, 0.1) is 12.3 Å². The summed E-state index contributed by atoms with van der Waals surface area (Å²) in [6.45, 7) is 7.12. The van der Waals surface area contributed by atoms with E-state index in [0.29, 0.717) is 30.8 Å². The van der Waals surface area contributed by atoms with E-state index in [1.165, 1.54) is 0 Å². The number of fused-ring (bicyclic) bond motifs is 1. The number of aliphatic hydroxyl groups excluding tert-OH is 1. The van der Waals surface area contributed by atoms with Gasteiger partial charge in [0.2, 0.25) is 0 Å². The van der Waals surface area contributed by atoms with Crippen LogP contribution in [-0.2, 0) is 26.1 Å². The standard InChI is InChI=1S/C21H29N5O3/c1-3-26-18-7-10-24(12-16(18)17(13-27)23-26)20(28)19-14(2)6-11-25(21(19)29)15-4-8-22-9-5-15/h6,11,15,22,27H,3-5,7-10,12-13H2,1-2H3. The molecule has 29 heavy (non-hydrogen) atoms. The van der Waals surface area contributed by atoms with Gasteiger partial charge in [-0.2, -0.15) is 5.10 Å².